The fourth-order valence-electron chi connectivity index (χ4n) is 1.67. The van der Waals surface area contributed by atoms with Gasteiger partial charge in [0.25, 0.3) is 0 Å². The Hall–Kier alpha value is -1.24. The van der Waals surface area contributed by atoms with Crippen molar-refractivity contribution in [1.29, 1.82) is 0 Å². The second-order valence-corrected chi connectivity index (χ2v) is 5.82. The zero-order chi connectivity index (χ0) is 13.1. The highest BCUT2D eigenvalue weighted by atomic mass is 32.2. The second kappa shape index (κ2) is 5.39. The molecule has 0 saturated carbocycles. The topological polar surface area (TPSA) is 109 Å². The summed E-state index contributed by atoms with van der Waals surface area (Å²) < 4.78 is -0.592. The van der Waals surface area contributed by atoms with Crippen LogP contribution in [0.3, 0.4) is 0 Å². The molecule has 0 aliphatic carbocycles. The maximum Gasteiger partial charge on any atom is 0.326 e. The molecule has 2 amide bonds. The molecular formula is C10H16N2O4S. The molecule has 2 atom stereocenters. The van der Waals surface area contributed by atoms with Crippen LogP contribution in [0.5, 0.6) is 0 Å². The van der Waals surface area contributed by atoms with Crippen LogP contribution in [-0.2, 0) is 14.4 Å². The molecular weight excluding hydrogens is 244 g/mol. The molecule has 96 valence electrons. The standard InChI is InChI=1S/C10H16N2O4S/c1-10(3-2-4-17-10)9(16)12-6(8(14)15)5-7(11)13/h6H,2-5H2,1H3,(H2,11,13)(H,12,16)(H,14,15). The van der Waals surface area contributed by atoms with Gasteiger partial charge in [-0.2, -0.15) is 0 Å². The first-order valence-electron chi connectivity index (χ1n) is 5.31. The summed E-state index contributed by atoms with van der Waals surface area (Å²) in [5, 5.41) is 11.2. The van der Waals surface area contributed by atoms with Gasteiger partial charge in [0.1, 0.15) is 6.04 Å². The maximum atomic E-state index is 11.9. The van der Waals surface area contributed by atoms with E-state index < -0.39 is 22.7 Å². The molecule has 1 fully saturated rings. The Morgan fingerprint density at radius 3 is 2.59 bits per heavy atom. The van der Waals surface area contributed by atoms with Crippen molar-refractivity contribution < 1.29 is 19.5 Å². The summed E-state index contributed by atoms with van der Waals surface area (Å²) in [4.78, 5) is 33.5. The first kappa shape index (κ1) is 13.8. The molecule has 0 aromatic heterocycles. The largest absolute Gasteiger partial charge is 0.480 e. The molecule has 6 nitrogen and oxygen atoms in total. The fraction of sp³-hybridized carbons (Fsp3) is 0.700. The highest BCUT2D eigenvalue weighted by molar-refractivity contribution is 8.01. The van der Waals surface area contributed by atoms with Gasteiger partial charge in [0.15, 0.2) is 0 Å². The molecule has 1 rings (SSSR count). The SMILES string of the molecule is CC1(C(=O)NC(CC(N)=O)C(=O)O)CCCS1. The Balaban J connectivity index is 2.63. The van der Waals surface area contributed by atoms with Crippen molar-refractivity contribution in [1.82, 2.24) is 5.32 Å². The minimum Gasteiger partial charge on any atom is -0.480 e. The van der Waals surface area contributed by atoms with Gasteiger partial charge in [0.05, 0.1) is 11.2 Å². The molecule has 17 heavy (non-hydrogen) atoms. The Bertz CT molecular complexity index is 339. The number of primary amides is 1. The molecule has 0 bridgehead atoms. The summed E-state index contributed by atoms with van der Waals surface area (Å²) in [6, 6.07) is -1.24. The molecule has 1 heterocycles. The van der Waals surface area contributed by atoms with E-state index in [0.717, 1.165) is 12.2 Å². The lowest BCUT2D eigenvalue weighted by Gasteiger charge is -2.23. The van der Waals surface area contributed by atoms with E-state index in [1.54, 1.807) is 6.92 Å². The van der Waals surface area contributed by atoms with Crippen molar-refractivity contribution in [2.75, 3.05) is 5.75 Å². The lowest BCUT2D eigenvalue weighted by molar-refractivity contribution is -0.143. The lowest BCUT2D eigenvalue weighted by atomic mass is 10.0. The van der Waals surface area contributed by atoms with Crippen molar-refractivity contribution >= 4 is 29.5 Å². The maximum absolute atomic E-state index is 11.9. The Kier molecular flexibility index (Phi) is 4.39. The van der Waals surface area contributed by atoms with Crippen molar-refractivity contribution in [3.8, 4) is 0 Å². The van der Waals surface area contributed by atoms with Gasteiger partial charge in [-0.3, -0.25) is 9.59 Å². The van der Waals surface area contributed by atoms with Crippen molar-refractivity contribution in [3.05, 3.63) is 0 Å². The van der Waals surface area contributed by atoms with Crippen LogP contribution in [0.2, 0.25) is 0 Å². The molecule has 1 aliphatic heterocycles. The number of hydrogen-bond donors (Lipinski definition) is 3. The monoisotopic (exact) mass is 260 g/mol. The van der Waals surface area contributed by atoms with Gasteiger partial charge < -0.3 is 16.2 Å². The van der Waals surface area contributed by atoms with E-state index >= 15 is 0 Å². The minimum absolute atomic E-state index is 0.339. The number of rotatable bonds is 5. The van der Waals surface area contributed by atoms with Crippen molar-refractivity contribution in [2.24, 2.45) is 5.73 Å². The highest BCUT2D eigenvalue weighted by Gasteiger charge is 2.39. The van der Waals surface area contributed by atoms with Crippen molar-refractivity contribution in [2.45, 2.75) is 37.0 Å². The van der Waals surface area contributed by atoms with Crippen LogP contribution in [0.4, 0.5) is 0 Å². The molecule has 1 saturated heterocycles. The molecule has 0 spiro atoms. The zero-order valence-electron chi connectivity index (χ0n) is 9.56. The number of nitrogens with one attached hydrogen (secondary N) is 1. The number of aliphatic carboxylic acids is 1. The van der Waals surface area contributed by atoms with E-state index in [1.165, 1.54) is 11.8 Å². The van der Waals surface area contributed by atoms with Crippen LogP contribution >= 0.6 is 11.8 Å². The summed E-state index contributed by atoms with van der Waals surface area (Å²) in [5.74, 6) is -1.45. The van der Waals surface area contributed by atoms with Gasteiger partial charge in [-0.1, -0.05) is 0 Å². The Morgan fingerprint density at radius 1 is 1.53 bits per heavy atom. The van der Waals surface area contributed by atoms with E-state index in [4.69, 9.17) is 10.8 Å². The van der Waals surface area contributed by atoms with Gasteiger partial charge in [0, 0.05) is 0 Å². The van der Waals surface area contributed by atoms with Gasteiger partial charge in [-0.05, 0) is 25.5 Å². The summed E-state index contributed by atoms with van der Waals surface area (Å²) in [6.45, 7) is 1.78. The van der Waals surface area contributed by atoms with E-state index in [2.05, 4.69) is 5.32 Å². The first-order chi connectivity index (χ1) is 7.85. The van der Waals surface area contributed by atoms with Crippen LogP contribution in [0, 0.1) is 0 Å². The molecule has 7 heteroatoms. The second-order valence-electron chi connectivity index (χ2n) is 4.22. The number of carbonyl (C=O) groups excluding carboxylic acids is 2. The predicted molar refractivity (Wildman–Crippen MR) is 63.5 cm³/mol. The molecule has 1 aliphatic rings. The van der Waals surface area contributed by atoms with Gasteiger partial charge in [0.2, 0.25) is 11.8 Å². The lowest BCUT2D eigenvalue weighted by Crippen LogP contribution is -2.49. The number of carboxylic acids is 1. The number of carbonyl (C=O) groups is 3. The van der Waals surface area contributed by atoms with E-state index in [-0.39, 0.29) is 12.3 Å². The Labute approximate surface area is 103 Å². The van der Waals surface area contributed by atoms with Crippen LogP contribution in [0.1, 0.15) is 26.2 Å². The predicted octanol–water partition coefficient (Wildman–Crippen LogP) is -0.283. The number of amides is 2. The fourth-order valence-corrected chi connectivity index (χ4v) is 2.89. The summed E-state index contributed by atoms with van der Waals surface area (Å²) in [7, 11) is 0. The van der Waals surface area contributed by atoms with Gasteiger partial charge in [-0.15, -0.1) is 11.8 Å². The minimum atomic E-state index is -1.25. The zero-order valence-corrected chi connectivity index (χ0v) is 10.4. The summed E-state index contributed by atoms with van der Waals surface area (Å²) in [5.41, 5.74) is 4.93. The number of nitrogens with two attached hydrogens (primary N) is 1. The first-order valence-corrected chi connectivity index (χ1v) is 6.30. The van der Waals surface area contributed by atoms with Gasteiger partial charge in [-0.25, -0.2) is 4.79 Å². The average Bonchev–Trinajstić information content (AvgIpc) is 2.64. The van der Waals surface area contributed by atoms with E-state index in [1.807, 2.05) is 0 Å². The molecule has 0 aromatic carbocycles. The normalized spacial score (nSPS) is 25.2. The molecule has 2 unspecified atom stereocenters. The van der Waals surface area contributed by atoms with Crippen molar-refractivity contribution in [3.63, 3.8) is 0 Å². The van der Waals surface area contributed by atoms with E-state index in [9.17, 15) is 14.4 Å². The third-order valence-electron chi connectivity index (χ3n) is 2.71. The molecule has 0 aromatic rings. The highest BCUT2D eigenvalue weighted by Crippen LogP contribution is 2.37. The van der Waals surface area contributed by atoms with Crippen LogP contribution in [0.25, 0.3) is 0 Å². The Morgan fingerprint density at radius 2 is 2.18 bits per heavy atom. The van der Waals surface area contributed by atoms with Crippen LogP contribution < -0.4 is 11.1 Å². The summed E-state index contributed by atoms with van der Waals surface area (Å²) in [6.07, 6.45) is 1.26. The third-order valence-corrected chi connectivity index (χ3v) is 4.23. The number of carboxylic acid groups (broad SMARTS) is 1. The number of hydrogen-bond acceptors (Lipinski definition) is 4. The molecule has 0 radical (unpaired) electrons. The third kappa shape index (κ3) is 3.62. The van der Waals surface area contributed by atoms with Gasteiger partial charge >= 0.3 is 5.97 Å². The quantitative estimate of drug-likeness (QED) is 0.629. The average molecular weight is 260 g/mol. The molecule has 4 N–H and O–H groups in total. The smallest absolute Gasteiger partial charge is 0.326 e. The summed E-state index contributed by atoms with van der Waals surface area (Å²) >= 11 is 1.50. The van der Waals surface area contributed by atoms with Crippen LogP contribution in [-0.4, -0.2) is 39.4 Å². The number of thioether (sulfide) groups is 1. The van der Waals surface area contributed by atoms with Crippen LogP contribution in [0.15, 0.2) is 0 Å². The van der Waals surface area contributed by atoms with E-state index in [0.29, 0.717) is 6.42 Å².